The molecule has 1 saturated heterocycles. The van der Waals surface area contributed by atoms with Gasteiger partial charge in [-0.3, -0.25) is 28.9 Å². The van der Waals surface area contributed by atoms with Crippen LogP contribution in [0.15, 0.2) is 54.3 Å². The molecule has 0 aromatic heterocycles. The molecule has 14 heteroatoms. The lowest BCUT2D eigenvalue weighted by Gasteiger charge is -2.41. The van der Waals surface area contributed by atoms with Crippen molar-refractivity contribution in [2.75, 3.05) is 41.4 Å². The van der Waals surface area contributed by atoms with Gasteiger partial charge in [0.2, 0.25) is 29.5 Å². The summed E-state index contributed by atoms with van der Waals surface area (Å²) in [5.74, 6) is -2.16. The summed E-state index contributed by atoms with van der Waals surface area (Å²) >= 11 is 0. The fourth-order valence-electron chi connectivity index (χ4n) is 8.88. The lowest BCUT2D eigenvalue weighted by atomic mass is 9.89. The van der Waals surface area contributed by atoms with Gasteiger partial charge in [0.25, 0.3) is 0 Å². The van der Waals surface area contributed by atoms with Gasteiger partial charge in [-0.1, -0.05) is 104 Å². The lowest BCUT2D eigenvalue weighted by Crippen LogP contribution is -2.60. The predicted octanol–water partition coefficient (Wildman–Crippen LogP) is 4.04. The molecule has 3 rings (SSSR count). The number of carbonyl (C=O) groups excluding carboxylic acids is 5. The molecular weight excluding hydrogens is 775 g/mol. The number of hydrogen-bond donors (Lipinski definition) is 4. The highest BCUT2D eigenvalue weighted by atomic mass is 16.5. The minimum atomic E-state index is -0.856. The zero-order valence-corrected chi connectivity index (χ0v) is 39.0. The maximum absolute atomic E-state index is 14.4. The normalized spacial score (nSPS) is 20.6. The Morgan fingerprint density at radius 3 is 2.11 bits per heavy atom. The highest BCUT2D eigenvalue weighted by Gasteiger charge is 2.43. The molecule has 1 aromatic rings. The third kappa shape index (κ3) is 13.9. The Hall–Kier alpha value is -4.27. The summed E-state index contributed by atoms with van der Waals surface area (Å²) in [4.78, 5) is 75.6. The van der Waals surface area contributed by atoms with Gasteiger partial charge in [-0.2, -0.15) is 0 Å². The van der Waals surface area contributed by atoms with Gasteiger partial charge in [0.1, 0.15) is 12.1 Å². The number of rotatable bonds is 23. The molecule has 0 radical (unpaired) electrons. The Balaban J connectivity index is 1.80. The summed E-state index contributed by atoms with van der Waals surface area (Å²) in [6, 6.07) is 6.37. The molecule has 61 heavy (non-hydrogen) atoms. The van der Waals surface area contributed by atoms with E-state index in [1.54, 1.807) is 44.1 Å². The Bertz CT molecular complexity index is 1650. The maximum atomic E-state index is 14.4. The summed E-state index contributed by atoms with van der Waals surface area (Å²) in [7, 11) is 6.75. The van der Waals surface area contributed by atoms with E-state index in [0.717, 1.165) is 18.4 Å². The first kappa shape index (κ1) is 51.1. The van der Waals surface area contributed by atoms with Crippen LogP contribution < -0.4 is 21.7 Å². The molecule has 5 amide bonds. The molecule has 0 spiro atoms. The van der Waals surface area contributed by atoms with Crippen molar-refractivity contribution in [3.05, 3.63) is 59.8 Å². The number of amides is 5. The van der Waals surface area contributed by atoms with Crippen LogP contribution in [0.4, 0.5) is 0 Å². The number of nitrogens with zero attached hydrogens (tertiary/aromatic N) is 3. The number of likely N-dealkylation sites (tertiary alicyclic amines) is 1. The van der Waals surface area contributed by atoms with Gasteiger partial charge in [0.05, 0.1) is 48.7 Å². The first-order chi connectivity index (χ1) is 28.9. The second-order valence-electron chi connectivity index (χ2n) is 17.7. The minimum absolute atomic E-state index is 0.00182. The van der Waals surface area contributed by atoms with E-state index in [-0.39, 0.29) is 66.2 Å². The predicted molar refractivity (Wildman–Crippen MR) is 240 cm³/mol. The second-order valence-corrected chi connectivity index (χ2v) is 17.7. The third-order valence-corrected chi connectivity index (χ3v) is 12.7. The summed E-state index contributed by atoms with van der Waals surface area (Å²) in [5, 5.41) is 9.12. The molecule has 10 atom stereocenters. The molecule has 0 bridgehead atoms. The molecule has 1 aliphatic heterocycles. The quantitative estimate of drug-likeness (QED) is 0.127. The molecule has 1 heterocycles. The van der Waals surface area contributed by atoms with E-state index in [2.05, 4.69) is 16.0 Å². The molecule has 0 saturated carbocycles. The molecule has 1 unspecified atom stereocenters. The number of likely N-dealkylation sites (N-methyl/N-ethyl adjacent to an activating group) is 2. The standard InChI is InChI=1S/C47H77N7O7/c1-13-31(7)42(53(10)47(59)40(29(3)4)51-46(58)41(30(5)6)52(9)14-2)38(60-11)28-39(55)54-26-18-21-37(54)43(61-12)32(8)44(56)50-36(27-33-19-16-15-17-20-33)45(57)49-35-24-22-34(48)23-25-35/h15-17,19-20,22-24,29-32,35-38,40-43H,13-14,18,21,25-28,48H2,1-12H3,(H,49,57)(H,50,56)(H,51,58)/t31-,32+,35?,36-,37-,38+,40-,41-,42-,43+/m0/s1. The number of allylic oxidation sites excluding steroid dienone is 1. The van der Waals surface area contributed by atoms with Crippen LogP contribution in [0.5, 0.6) is 0 Å². The zero-order chi connectivity index (χ0) is 45.6. The third-order valence-electron chi connectivity index (χ3n) is 12.7. The molecule has 1 fully saturated rings. The van der Waals surface area contributed by atoms with Gasteiger partial charge < -0.3 is 41.0 Å². The van der Waals surface area contributed by atoms with Gasteiger partial charge in [-0.05, 0) is 62.2 Å². The van der Waals surface area contributed by atoms with Crippen molar-refractivity contribution in [1.82, 2.24) is 30.7 Å². The van der Waals surface area contributed by atoms with E-state index >= 15 is 0 Å². The highest BCUT2D eigenvalue weighted by Crippen LogP contribution is 2.30. The van der Waals surface area contributed by atoms with Crippen LogP contribution in [-0.4, -0.2) is 134 Å². The van der Waals surface area contributed by atoms with E-state index in [0.29, 0.717) is 31.6 Å². The molecular formula is C47H77N7O7. The first-order valence-corrected chi connectivity index (χ1v) is 22.3. The van der Waals surface area contributed by atoms with Crippen molar-refractivity contribution in [2.24, 2.45) is 29.4 Å². The Morgan fingerprint density at radius 2 is 1.57 bits per heavy atom. The average molecular weight is 852 g/mol. The molecule has 1 aromatic carbocycles. The van der Waals surface area contributed by atoms with Crippen molar-refractivity contribution in [2.45, 2.75) is 142 Å². The summed E-state index contributed by atoms with van der Waals surface area (Å²) in [6.45, 7) is 16.9. The van der Waals surface area contributed by atoms with Crippen LogP contribution in [0.3, 0.4) is 0 Å². The molecule has 1 aliphatic carbocycles. The van der Waals surface area contributed by atoms with Crippen molar-refractivity contribution in [1.29, 1.82) is 0 Å². The highest BCUT2D eigenvalue weighted by molar-refractivity contribution is 5.91. The molecule has 2 aliphatic rings. The molecule has 5 N–H and O–H groups in total. The summed E-state index contributed by atoms with van der Waals surface area (Å²) < 4.78 is 12.1. The SMILES string of the molecule is CC[C@H](C)[C@@H]([C@@H](CC(=O)N1CCC[C@H]1[C@H](OC)[C@@H](C)C(=O)N[C@@H](Cc1ccccc1)C(=O)NC1C=CC(N)=CC1)OC)N(C)C(=O)[C@@H](NC(=O)[C@H](C(C)C)N(C)CC)C(C)C. The number of nitrogens with two attached hydrogens (primary N) is 1. The lowest BCUT2D eigenvalue weighted by molar-refractivity contribution is -0.148. The Kier molecular flexibility index (Phi) is 20.4. The van der Waals surface area contributed by atoms with Crippen LogP contribution in [0, 0.1) is 23.7 Å². The van der Waals surface area contributed by atoms with E-state index in [1.807, 2.05) is 103 Å². The fourth-order valence-corrected chi connectivity index (χ4v) is 8.88. The zero-order valence-electron chi connectivity index (χ0n) is 39.0. The van der Waals surface area contributed by atoms with Gasteiger partial charge in [-0.25, -0.2) is 0 Å². The summed E-state index contributed by atoms with van der Waals surface area (Å²) in [5.41, 5.74) is 7.43. The van der Waals surface area contributed by atoms with E-state index in [9.17, 15) is 24.0 Å². The minimum Gasteiger partial charge on any atom is -0.399 e. The number of nitrogens with one attached hydrogen (secondary N) is 3. The largest absolute Gasteiger partial charge is 0.399 e. The van der Waals surface area contributed by atoms with Crippen LogP contribution in [0.1, 0.15) is 93.1 Å². The van der Waals surface area contributed by atoms with Crippen LogP contribution in [0.25, 0.3) is 0 Å². The second kappa shape index (κ2) is 24.4. The van der Waals surface area contributed by atoms with Gasteiger partial charge in [0.15, 0.2) is 0 Å². The number of benzene rings is 1. The van der Waals surface area contributed by atoms with Crippen molar-refractivity contribution >= 4 is 29.5 Å². The van der Waals surface area contributed by atoms with Gasteiger partial charge >= 0.3 is 0 Å². The number of methoxy groups -OCH3 is 2. The van der Waals surface area contributed by atoms with E-state index < -0.39 is 48.3 Å². The molecule has 342 valence electrons. The summed E-state index contributed by atoms with van der Waals surface area (Å²) in [6.07, 6.45) is 7.07. The number of ether oxygens (including phenoxy) is 2. The van der Waals surface area contributed by atoms with E-state index in [1.165, 1.54) is 0 Å². The van der Waals surface area contributed by atoms with Crippen molar-refractivity contribution in [3.8, 4) is 0 Å². The fraction of sp³-hybridized carbons (Fsp3) is 0.681. The monoisotopic (exact) mass is 852 g/mol. The van der Waals surface area contributed by atoms with Crippen molar-refractivity contribution < 1.29 is 33.4 Å². The van der Waals surface area contributed by atoms with Gasteiger partial charge in [-0.15, -0.1) is 0 Å². The van der Waals surface area contributed by atoms with Crippen LogP contribution in [0.2, 0.25) is 0 Å². The number of carbonyl (C=O) groups is 5. The average Bonchev–Trinajstić information content (AvgIpc) is 3.72. The van der Waals surface area contributed by atoms with Crippen molar-refractivity contribution in [3.63, 3.8) is 0 Å². The molecule has 14 nitrogen and oxygen atoms in total. The van der Waals surface area contributed by atoms with E-state index in [4.69, 9.17) is 15.2 Å². The Morgan fingerprint density at radius 1 is 0.902 bits per heavy atom. The smallest absolute Gasteiger partial charge is 0.245 e. The Labute approximate surface area is 365 Å². The van der Waals surface area contributed by atoms with Crippen LogP contribution in [-0.2, 0) is 39.9 Å². The maximum Gasteiger partial charge on any atom is 0.245 e. The topological polar surface area (TPSA) is 176 Å². The number of hydrogen-bond acceptors (Lipinski definition) is 9. The van der Waals surface area contributed by atoms with Gasteiger partial charge in [0, 0.05) is 39.9 Å². The first-order valence-electron chi connectivity index (χ1n) is 22.3. The van der Waals surface area contributed by atoms with Crippen LogP contribution >= 0.6 is 0 Å².